The molecule has 0 radical (unpaired) electrons. The zero-order chi connectivity index (χ0) is 17.5. The largest absolute Gasteiger partial charge is 0.376 e. The minimum atomic E-state index is 0.0181. The van der Waals surface area contributed by atoms with Gasteiger partial charge in [-0.3, -0.25) is 9.69 Å². The first kappa shape index (κ1) is 18.9. The first-order valence-corrected chi connectivity index (χ1v) is 8.96. The smallest absolute Gasteiger partial charge is 0.234 e. The van der Waals surface area contributed by atoms with Crippen molar-refractivity contribution in [1.29, 1.82) is 0 Å². The van der Waals surface area contributed by atoms with Gasteiger partial charge in [0, 0.05) is 18.7 Å². The van der Waals surface area contributed by atoms with E-state index in [2.05, 4.69) is 17.4 Å². The quantitative estimate of drug-likeness (QED) is 0.738. The summed E-state index contributed by atoms with van der Waals surface area (Å²) in [7, 11) is 1.92. The van der Waals surface area contributed by atoms with Crippen molar-refractivity contribution < 1.29 is 14.1 Å². The third-order valence-electron chi connectivity index (χ3n) is 4.81. The number of carbonyl (C=O) groups is 1. The van der Waals surface area contributed by atoms with Gasteiger partial charge in [0.15, 0.2) is 0 Å². The number of nitrogens with zero attached hydrogens (tertiary/aromatic N) is 2. The van der Waals surface area contributed by atoms with E-state index in [4.69, 9.17) is 9.26 Å². The van der Waals surface area contributed by atoms with Crippen molar-refractivity contribution in [3.8, 4) is 0 Å². The molecule has 1 aliphatic rings. The molecule has 2 atom stereocenters. The predicted octanol–water partition coefficient (Wildman–Crippen LogP) is 2.43. The maximum atomic E-state index is 12.0. The molecule has 0 saturated heterocycles. The van der Waals surface area contributed by atoms with Gasteiger partial charge in [0.25, 0.3) is 0 Å². The zero-order valence-electron chi connectivity index (χ0n) is 15.4. The number of hydrogen-bond acceptors (Lipinski definition) is 5. The Morgan fingerprint density at radius 3 is 2.79 bits per heavy atom. The van der Waals surface area contributed by atoms with Crippen molar-refractivity contribution in [3.63, 3.8) is 0 Å². The van der Waals surface area contributed by atoms with Crippen molar-refractivity contribution >= 4 is 5.91 Å². The lowest BCUT2D eigenvalue weighted by atomic mass is 9.88. The van der Waals surface area contributed by atoms with Crippen LogP contribution >= 0.6 is 0 Å². The van der Waals surface area contributed by atoms with Crippen LogP contribution in [0.5, 0.6) is 0 Å². The van der Waals surface area contributed by atoms with Gasteiger partial charge in [0.05, 0.1) is 24.9 Å². The first-order valence-electron chi connectivity index (χ1n) is 8.96. The number of hydrogen-bond donors (Lipinski definition) is 1. The molecular weight excluding hydrogens is 306 g/mol. The number of rotatable bonds is 8. The summed E-state index contributed by atoms with van der Waals surface area (Å²) in [6.45, 7) is 8.24. The van der Waals surface area contributed by atoms with E-state index in [9.17, 15) is 4.79 Å². The summed E-state index contributed by atoms with van der Waals surface area (Å²) in [5.41, 5.74) is 1.94. The van der Waals surface area contributed by atoms with E-state index >= 15 is 0 Å². The fourth-order valence-corrected chi connectivity index (χ4v) is 3.29. The summed E-state index contributed by atoms with van der Waals surface area (Å²) in [5.74, 6) is 1.47. The molecule has 1 N–H and O–H groups in total. The predicted molar refractivity (Wildman–Crippen MR) is 92.7 cm³/mol. The highest BCUT2D eigenvalue weighted by Gasteiger charge is 2.21. The second-order valence-corrected chi connectivity index (χ2v) is 7.00. The summed E-state index contributed by atoms with van der Waals surface area (Å²) in [5, 5.41) is 6.87. The van der Waals surface area contributed by atoms with Crippen molar-refractivity contribution in [2.24, 2.45) is 5.92 Å². The van der Waals surface area contributed by atoms with E-state index in [1.165, 1.54) is 19.3 Å². The van der Waals surface area contributed by atoms with Gasteiger partial charge in [-0.2, -0.15) is 0 Å². The van der Waals surface area contributed by atoms with Crippen molar-refractivity contribution in [2.75, 3.05) is 26.7 Å². The molecule has 1 amide bonds. The number of aromatic nitrogens is 1. The maximum absolute atomic E-state index is 12.0. The first-order chi connectivity index (χ1) is 11.5. The molecule has 1 heterocycles. The fraction of sp³-hybridized carbons (Fsp3) is 0.778. The number of amides is 1. The molecule has 2 unspecified atom stereocenters. The van der Waals surface area contributed by atoms with Gasteiger partial charge >= 0.3 is 0 Å². The molecule has 1 aliphatic carbocycles. The summed E-state index contributed by atoms with van der Waals surface area (Å²) in [6.07, 6.45) is 5.33. The molecule has 1 aromatic heterocycles. The lowest BCUT2D eigenvalue weighted by Gasteiger charge is -2.28. The SMILES string of the molecule is Cc1noc(C)c1CN(C)CC(=O)NCCOC1CCCCC1C. The maximum Gasteiger partial charge on any atom is 0.234 e. The fourth-order valence-electron chi connectivity index (χ4n) is 3.29. The molecule has 24 heavy (non-hydrogen) atoms. The normalized spacial score (nSPS) is 21.2. The Hall–Kier alpha value is -1.40. The molecule has 1 saturated carbocycles. The van der Waals surface area contributed by atoms with Gasteiger partial charge in [0.1, 0.15) is 5.76 Å². The summed E-state index contributed by atoms with van der Waals surface area (Å²) in [6, 6.07) is 0. The number of likely N-dealkylation sites (N-methyl/N-ethyl adjacent to an activating group) is 1. The van der Waals surface area contributed by atoms with Crippen LogP contribution in [-0.4, -0.2) is 48.8 Å². The minimum Gasteiger partial charge on any atom is -0.376 e. The van der Waals surface area contributed by atoms with E-state index in [1.54, 1.807) is 0 Å². The second kappa shape index (κ2) is 9.18. The number of nitrogens with one attached hydrogen (secondary N) is 1. The number of aryl methyl sites for hydroxylation is 2. The van der Waals surface area contributed by atoms with Gasteiger partial charge < -0.3 is 14.6 Å². The molecule has 1 fully saturated rings. The topological polar surface area (TPSA) is 67.6 Å². The second-order valence-electron chi connectivity index (χ2n) is 7.00. The summed E-state index contributed by atoms with van der Waals surface area (Å²) < 4.78 is 11.1. The highest BCUT2D eigenvalue weighted by atomic mass is 16.5. The Kier molecular flexibility index (Phi) is 7.24. The Morgan fingerprint density at radius 2 is 2.12 bits per heavy atom. The van der Waals surface area contributed by atoms with E-state index in [1.807, 2.05) is 25.8 Å². The molecular formula is C18H31N3O3. The lowest BCUT2D eigenvalue weighted by molar-refractivity contribution is -0.122. The minimum absolute atomic E-state index is 0.0181. The average Bonchev–Trinajstić information content (AvgIpc) is 2.85. The standard InChI is InChI=1S/C18H31N3O3/c1-13-7-5-6-8-17(13)23-10-9-19-18(22)12-21(4)11-16-14(2)20-24-15(16)3/h13,17H,5-12H2,1-4H3,(H,19,22). The molecule has 0 aromatic carbocycles. The van der Waals surface area contributed by atoms with Crippen LogP contribution in [0.2, 0.25) is 0 Å². The Balaban J connectivity index is 1.62. The molecule has 6 nitrogen and oxygen atoms in total. The van der Waals surface area contributed by atoms with E-state index in [-0.39, 0.29) is 5.91 Å². The van der Waals surface area contributed by atoms with Gasteiger partial charge in [-0.05, 0) is 39.7 Å². The zero-order valence-corrected chi connectivity index (χ0v) is 15.4. The van der Waals surface area contributed by atoms with E-state index < -0.39 is 0 Å². The molecule has 0 aliphatic heterocycles. The highest BCUT2D eigenvalue weighted by Crippen LogP contribution is 2.25. The van der Waals surface area contributed by atoms with Gasteiger partial charge in [-0.1, -0.05) is 24.9 Å². The highest BCUT2D eigenvalue weighted by molar-refractivity contribution is 5.77. The molecule has 2 rings (SSSR count). The molecule has 6 heteroatoms. The van der Waals surface area contributed by atoms with Crippen LogP contribution in [0.4, 0.5) is 0 Å². The molecule has 136 valence electrons. The van der Waals surface area contributed by atoms with Crippen molar-refractivity contribution in [1.82, 2.24) is 15.4 Å². The van der Waals surface area contributed by atoms with Gasteiger partial charge in [0.2, 0.25) is 5.91 Å². The molecule has 0 spiro atoms. The number of carbonyl (C=O) groups excluding carboxylic acids is 1. The van der Waals surface area contributed by atoms with E-state index in [0.29, 0.717) is 38.3 Å². The van der Waals surface area contributed by atoms with Crippen molar-refractivity contribution in [3.05, 3.63) is 17.0 Å². The van der Waals surface area contributed by atoms with Crippen LogP contribution in [0, 0.1) is 19.8 Å². The summed E-state index contributed by atoms with van der Waals surface area (Å²) in [4.78, 5) is 14.0. The number of ether oxygens (including phenoxy) is 1. The van der Waals surface area contributed by atoms with Gasteiger partial charge in [-0.15, -0.1) is 0 Å². The van der Waals surface area contributed by atoms with Crippen LogP contribution in [0.1, 0.15) is 49.6 Å². The third kappa shape index (κ3) is 5.60. The van der Waals surface area contributed by atoms with Crippen LogP contribution in [0.25, 0.3) is 0 Å². The molecule has 1 aromatic rings. The van der Waals surface area contributed by atoms with E-state index in [0.717, 1.165) is 23.4 Å². The van der Waals surface area contributed by atoms with Crippen LogP contribution < -0.4 is 5.32 Å². The summed E-state index contributed by atoms with van der Waals surface area (Å²) >= 11 is 0. The molecule has 0 bridgehead atoms. The van der Waals surface area contributed by atoms with Crippen molar-refractivity contribution in [2.45, 2.75) is 59.1 Å². The average molecular weight is 337 g/mol. The third-order valence-corrected chi connectivity index (χ3v) is 4.81. The van der Waals surface area contributed by atoms with Crippen LogP contribution in [-0.2, 0) is 16.1 Å². The lowest BCUT2D eigenvalue weighted by Crippen LogP contribution is -2.37. The Labute approximate surface area is 144 Å². The van der Waals surface area contributed by atoms with Crippen LogP contribution in [0.15, 0.2) is 4.52 Å². The van der Waals surface area contributed by atoms with Gasteiger partial charge in [-0.25, -0.2) is 0 Å². The Morgan fingerprint density at radius 1 is 1.38 bits per heavy atom. The van der Waals surface area contributed by atoms with Crippen LogP contribution in [0.3, 0.4) is 0 Å². The monoisotopic (exact) mass is 337 g/mol. The Bertz CT molecular complexity index is 510.